The molecule has 2 heterocycles. The molecule has 0 saturated heterocycles. The SMILES string of the molecule is C1N=NN=N1.c1nnc[nH]1. The van der Waals surface area contributed by atoms with E-state index in [0.717, 1.165) is 0 Å². The molecular weight excluding hydrogens is 134 g/mol. The Bertz CT molecular complexity index is 171. The number of aromatic nitrogens is 3. The predicted octanol–water partition coefficient (Wildman–Crippen LogP) is 0.582. The molecule has 7 nitrogen and oxygen atoms in total. The Morgan fingerprint density at radius 1 is 1.00 bits per heavy atom. The van der Waals surface area contributed by atoms with Crippen molar-refractivity contribution in [2.45, 2.75) is 0 Å². The molecule has 10 heavy (non-hydrogen) atoms. The number of H-pyrrole nitrogens is 1. The summed E-state index contributed by atoms with van der Waals surface area (Å²) in [5.74, 6) is 0. The second-order valence-corrected chi connectivity index (χ2v) is 1.26. The molecule has 2 rings (SSSR count). The lowest BCUT2D eigenvalue weighted by Crippen LogP contribution is -1.53. The highest BCUT2D eigenvalue weighted by atomic mass is 15.5. The number of hydrogen-bond acceptors (Lipinski definition) is 6. The van der Waals surface area contributed by atoms with Gasteiger partial charge < -0.3 is 4.98 Å². The number of rotatable bonds is 0. The van der Waals surface area contributed by atoms with Gasteiger partial charge in [0.05, 0.1) is 0 Å². The zero-order chi connectivity index (χ0) is 7.07. The van der Waals surface area contributed by atoms with Gasteiger partial charge in [0.15, 0.2) is 6.67 Å². The molecule has 7 heteroatoms. The summed E-state index contributed by atoms with van der Waals surface area (Å²) in [6.45, 7) is 0.417. The fraction of sp³-hybridized carbons (Fsp3) is 0.333. The van der Waals surface area contributed by atoms with E-state index in [9.17, 15) is 0 Å². The van der Waals surface area contributed by atoms with Crippen LogP contribution >= 0.6 is 0 Å². The molecule has 0 saturated carbocycles. The van der Waals surface area contributed by atoms with Crippen molar-refractivity contribution in [3.8, 4) is 0 Å². The van der Waals surface area contributed by atoms with E-state index < -0.39 is 0 Å². The number of nitrogens with one attached hydrogen (secondary N) is 1. The van der Waals surface area contributed by atoms with Crippen molar-refractivity contribution in [2.75, 3.05) is 6.67 Å². The molecule has 0 bridgehead atoms. The summed E-state index contributed by atoms with van der Waals surface area (Å²) in [5, 5.41) is 19.9. The second-order valence-electron chi connectivity index (χ2n) is 1.26. The maximum atomic E-state index is 3.42. The number of hydrogen-bond donors (Lipinski definition) is 1. The van der Waals surface area contributed by atoms with Crippen molar-refractivity contribution < 1.29 is 0 Å². The van der Waals surface area contributed by atoms with Gasteiger partial charge in [0.25, 0.3) is 0 Å². The van der Waals surface area contributed by atoms with Crippen molar-refractivity contribution in [1.29, 1.82) is 0 Å². The molecule has 0 atom stereocenters. The van der Waals surface area contributed by atoms with Gasteiger partial charge in [0, 0.05) is 0 Å². The lowest BCUT2D eigenvalue weighted by atomic mass is 11.2. The molecule has 0 amide bonds. The smallest absolute Gasteiger partial charge is 0.175 e. The summed E-state index contributed by atoms with van der Waals surface area (Å²) in [7, 11) is 0. The van der Waals surface area contributed by atoms with Gasteiger partial charge in [-0.15, -0.1) is 20.4 Å². The van der Waals surface area contributed by atoms with Gasteiger partial charge in [-0.2, -0.15) is 0 Å². The molecule has 0 fully saturated rings. The predicted molar refractivity (Wildman–Crippen MR) is 31.0 cm³/mol. The first-order valence-corrected chi connectivity index (χ1v) is 2.53. The molecule has 0 spiro atoms. The second kappa shape index (κ2) is 4.24. The van der Waals surface area contributed by atoms with E-state index in [4.69, 9.17) is 0 Å². The highest BCUT2D eigenvalue weighted by Gasteiger charge is 1.76. The van der Waals surface area contributed by atoms with Gasteiger partial charge in [-0.3, -0.25) is 0 Å². The van der Waals surface area contributed by atoms with Crippen molar-refractivity contribution in [2.24, 2.45) is 20.7 Å². The zero-order valence-corrected chi connectivity index (χ0v) is 5.05. The molecule has 1 aromatic rings. The van der Waals surface area contributed by atoms with E-state index in [-0.39, 0.29) is 0 Å². The van der Waals surface area contributed by atoms with Gasteiger partial charge in [0.1, 0.15) is 12.7 Å². The van der Waals surface area contributed by atoms with Crippen LogP contribution in [0.3, 0.4) is 0 Å². The monoisotopic (exact) mass is 139 g/mol. The third-order valence-corrected chi connectivity index (χ3v) is 0.624. The largest absolute Gasteiger partial charge is 0.334 e. The molecule has 52 valence electrons. The summed E-state index contributed by atoms with van der Waals surface area (Å²) < 4.78 is 0. The van der Waals surface area contributed by atoms with Crippen LogP contribution in [-0.2, 0) is 0 Å². The quantitative estimate of drug-likeness (QED) is 0.569. The lowest BCUT2D eigenvalue weighted by Gasteiger charge is -1.52. The normalized spacial score (nSPS) is 12.8. The zero-order valence-electron chi connectivity index (χ0n) is 5.05. The summed E-state index contributed by atoms with van der Waals surface area (Å²) in [4.78, 5) is 2.64. The molecule has 0 aliphatic carbocycles. The minimum absolute atomic E-state index is 0.417. The minimum Gasteiger partial charge on any atom is -0.334 e. The van der Waals surface area contributed by atoms with Crippen LogP contribution in [0.2, 0.25) is 0 Å². The standard InChI is InChI=1S/C2H3N3.CH2N4/c1-3-2-5-4-1;1-2-4-5-3-1/h1-2H,(H,3,4,5);1H2. The molecule has 1 aliphatic heterocycles. The van der Waals surface area contributed by atoms with E-state index in [1.807, 2.05) is 0 Å². The molecule has 0 aromatic carbocycles. The van der Waals surface area contributed by atoms with E-state index in [1.165, 1.54) is 12.7 Å². The van der Waals surface area contributed by atoms with Crippen LogP contribution in [0.25, 0.3) is 0 Å². The highest BCUT2D eigenvalue weighted by molar-refractivity contribution is 4.43. The molecule has 0 radical (unpaired) electrons. The molecule has 1 N–H and O–H groups in total. The van der Waals surface area contributed by atoms with E-state index in [0.29, 0.717) is 6.67 Å². The topological polar surface area (TPSA) is 91.0 Å². The fourth-order valence-corrected chi connectivity index (χ4v) is 0.308. The molecule has 0 unspecified atom stereocenters. The van der Waals surface area contributed by atoms with Crippen LogP contribution in [0.15, 0.2) is 33.3 Å². The molecule has 1 aliphatic rings. The Hall–Kier alpha value is -1.66. The third kappa shape index (κ3) is 2.60. The molecule has 1 aromatic heterocycles. The van der Waals surface area contributed by atoms with E-state index in [2.05, 4.69) is 35.9 Å². The van der Waals surface area contributed by atoms with E-state index in [1.54, 1.807) is 0 Å². The Morgan fingerprint density at radius 2 is 1.60 bits per heavy atom. The number of aromatic amines is 1. The maximum absolute atomic E-state index is 3.42. The summed E-state index contributed by atoms with van der Waals surface area (Å²) in [6.07, 6.45) is 3.03. The van der Waals surface area contributed by atoms with Crippen LogP contribution in [-0.4, -0.2) is 21.9 Å². The van der Waals surface area contributed by atoms with Crippen molar-refractivity contribution in [3.63, 3.8) is 0 Å². The lowest BCUT2D eigenvalue weighted by molar-refractivity contribution is 1.05. The fourth-order valence-electron chi connectivity index (χ4n) is 0.308. The number of nitrogens with zero attached hydrogens (tertiary/aromatic N) is 6. The first kappa shape index (κ1) is 6.46. The minimum atomic E-state index is 0.417. The van der Waals surface area contributed by atoms with Crippen molar-refractivity contribution in [1.82, 2.24) is 15.2 Å². The average Bonchev–Trinajstić information content (AvgIpc) is 2.67. The van der Waals surface area contributed by atoms with Crippen LogP contribution in [0.1, 0.15) is 0 Å². The third-order valence-electron chi connectivity index (χ3n) is 0.624. The van der Waals surface area contributed by atoms with Gasteiger partial charge in [-0.1, -0.05) is 0 Å². The summed E-state index contributed by atoms with van der Waals surface area (Å²) >= 11 is 0. The Labute approximate surface area is 56.3 Å². The van der Waals surface area contributed by atoms with Crippen LogP contribution in [0.5, 0.6) is 0 Å². The van der Waals surface area contributed by atoms with Crippen molar-refractivity contribution in [3.05, 3.63) is 12.7 Å². The maximum Gasteiger partial charge on any atom is 0.175 e. The Balaban J connectivity index is 0.0000001000. The Kier molecular flexibility index (Phi) is 2.74. The van der Waals surface area contributed by atoms with Crippen LogP contribution in [0.4, 0.5) is 0 Å². The summed E-state index contributed by atoms with van der Waals surface area (Å²) in [5.41, 5.74) is 0. The van der Waals surface area contributed by atoms with E-state index >= 15 is 0 Å². The van der Waals surface area contributed by atoms with Gasteiger partial charge in [0.2, 0.25) is 0 Å². The Morgan fingerprint density at radius 3 is 1.80 bits per heavy atom. The molecular formula is C3H5N7. The van der Waals surface area contributed by atoms with Gasteiger partial charge >= 0.3 is 0 Å². The first-order chi connectivity index (χ1) is 5.00. The first-order valence-electron chi connectivity index (χ1n) is 2.53. The summed E-state index contributed by atoms with van der Waals surface area (Å²) in [6, 6.07) is 0. The highest BCUT2D eigenvalue weighted by Crippen LogP contribution is 1.87. The van der Waals surface area contributed by atoms with Crippen LogP contribution in [0, 0.1) is 0 Å². The average molecular weight is 139 g/mol. The van der Waals surface area contributed by atoms with Gasteiger partial charge in [-0.05, 0) is 10.4 Å². The van der Waals surface area contributed by atoms with Crippen LogP contribution < -0.4 is 0 Å². The van der Waals surface area contributed by atoms with Crippen molar-refractivity contribution >= 4 is 0 Å². The van der Waals surface area contributed by atoms with Gasteiger partial charge in [-0.25, -0.2) is 0 Å².